The van der Waals surface area contributed by atoms with Crippen LogP contribution in [-0.2, 0) is 23.7 Å². The molecule has 0 radical (unpaired) electrons. The fourth-order valence-electron chi connectivity index (χ4n) is 3.91. The summed E-state index contributed by atoms with van der Waals surface area (Å²) in [5, 5.41) is 10.7. The van der Waals surface area contributed by atoms with E-state index in [1.807, 2.05) is 0 Å². The minimum atomic E-state index is -1.65. The fraction of sp³-hybridized carbons (Fsp3) is 0.250. The lowest BCUT2D eigenvalue weighted by Gasteiger charge is -2.42. The molecule has 3 aromatic carbocycles. The van der Waals surface area contributed by atoms with E-state index in [1.165, 1.54) is 7.11 Å². The first kappa shape index (κ1) is 26.0. The second-order valence-electron chi connectivity index (χ2n) is 8.20. The minimum absolute atomic E-state index is 0.251. The lowest BCUT2D eigenvalue weighted by Crippen LogP contribution is -2.61. The second kappa shape index (κ2) is 12.3. The summed E-state index contributed by atoms with van der Waals surface area (Å²) in [5.41, 5.74) is 0.831. The average Bonchev–Trinajstić information content (AvgIpc) is 2.95. The summed E-state index contributed by atoms with van der Waals surface area (Å²) >= 11 is 0. The number of methoxy groups -OCH3 is 1. The van der Waals surface area contributed by atoms with Crippen molar-refractivity contribution >= 4 is 17.9 Å². The molecule has 0 saturated carbocycles. The van der Waals surface area contributed by atoms with Gasteiger partial charge in [-0.2, -0.15) is 0 Å². The van der Waals surface area contributed by atoms with Gasteiger partial charge >= 0.3 is 17.9 Å². The van der Waals surface area contributed by atoms with Gasteiger partial charge in [0.15, 0.2) is 18.5 Å². The predicted octanol–water partition coefficient (Wildman–Crippen LogP) is 3.03. The first-order valence-corrected chi connectivity index (χ1v) is 11.6. The van der Waals surface area contributed by atoms with E-state index in [2.05, 4.69) is 0 Å². The maximum absolute atomic E-state index is 12.9. The number of esters is 3. The highest BCUT2D eigenvalue weighted by Gasteiger charge is 2.50. The maximum Gasteiger partial charge on any atom is 0.338 e. The number of aliphatic hydroxyl groups is 1. The average molecular weight is 507 g/mol. The summed E-state index contributed by atoms with van der Waals surface area (Å²) in [6.07, 6.45) is -6.44. The Morgan fingerprint density at radius 3 is 1.57 bits per heavy atom. The van der Waals surface area contributed by atoms with E-state index in [9.17, 15) is 19.5 Å². The van der Waals surface area contributed by atoms with Crippen LogP contribution in [0.1, 0.15) is 31.1 Å². The molecule has 37 heavy (non-hydrogen) atoms. The van der Waals surface area contributed by atoms with E-state index in [4.69, 9.17) is 23.7 Å². The predicted molar refractivity (Wildman–Crippen MR) is 130 cm³/mol. The number of rotatable bonds is 8. The summed E-state index contributed by atoms with van der Waals surface area (Å²) in [6.45, 7) is -0.364. The Kier molecular flexibility index (Phi) is 8.63. The largest absolute Gasteiger partial charge is 0.459 e. The monoisotopic (exact) mass is 506 g/mol. The molecule has 9 nitrogen and oxygen atoms in total. The fourth-order valence-corrected chi connectivity index (χ4v) is 3.91. The Hall–Kier alpha value is -4.05. The Labute approximate surface area is 213 Å². The van der Waals surface area contributed by atoms with Gasteiger partial charge in [-0.05, 0) is 36.4 Å². The molecule has 0 spiro atoms. The molecule has 0 unspecified atom stereocenters. The van der Waals surface area contributed by atoms with E-state index < -0.39 is 48.6 Å². The van der Waals surface area contributed by atoms with E-state index in [0.29, 0.717) is 5.56 Å². The highest BCUT2D eigenvalue weighted by molar-refractivity contribution is 5.90. The van der Waals surface area contributed by atoms with Gasteiger partial charge in [0, 0.05) is 7.11 Å². The summed E-state index contributed by atoms with van der Waals surface area (Å²) in [4.78, 5) is 38.1. The highest BCUT2D eigenvalue weighted by atomic mass is 16.7. The third-order valence-corrected chi connectivity index (χ3v) is 5.77. The molecular weight excluding hydrogens is 480 g/mol. The number of benzene rings is 3. The topological polar surface area (TPSA) is 118 Å². The third-order valence-electron chi connectivity index (χ3n) is 5.77. The molecular formula is C28H26O9. The number of aliphatic hydroxyl groups excluding tert-OH is 1. The lowest BCUT2D eigenvalue weighted by atomic mass is 9.98. The Balaban J connectivity index is 1.55. The molecule has 192 valence electrons. The van der Waals surface area contributed by atoms with E-state index >= 15 is 0 Å². The van der Waals surface area contributed by atoms with Gasteiger partial charge < -0.3 is 28.8 Å². The number of hydrogen-bond donors (Lipinski definition) is 1. The van der Waals surface area contributed by atoms with Crippen LogP contribution in [-0.4, -0.2) is 67.4 Å². The van der Waals surface area contributed by atoms with Crippen molar-refractivity contribution in [3.05, 3.63) is 108 Å². The highest BCUT2D eigenvalue weighted by Crippen LogP contribution is 2.29. The van der Waals surface area contributed by atoms with E-state index in [1.54, 1.807) is 91.0 Å². The third kappa shape index (κ3) is 6.39. The van der Waals surface area contributed by atoms with Gasteiger partial charge in [0.1, 0.15) is 18.8 Å². The van der Waals surface area contributed by atoms with Crippen molar-refractivity contribution in [3.63, 3.8) is 0 Å². The minimum Gasteiger partial charge on any atom is -0.459 e. The molecule has 0 bridgehead atoms. The normalized spacial score (nSPS) is 23.0. The lowest BCUT2D eigenvalue weighted by molar-refractivity contribution is -0.288. The van der Waals surface area contributed by atoms with E-state index in [0.717, 1.165) is 0 Å². The molecule has 3 aromatic rings. The van der Waals surface area contributed by atoms with Crippen molar-refractivity contribution in [3.8, 4) is 0 Å². The van der Waals surface area contributed by atoms with Crippen LogP contribution < -0.4 is 0 Å². The van der Waals surface area contributed by atoms with Crippen LogP contribution in [0.2, 0.25) is 0 Å². The van der Waals surface area contributed by atoms with Crippen LogP contribution >= 0.6 is 0 Å². The molecule has 1 N–H and O–H groups in total. The SMILES string of the molecule is CO[C@@H]1[C@@H](OC(=O)c2ccccc2)[C@H](O)O[C@H](COC(=O)c2ccccc2)[C@@H]1OC(=O)c1ccccc1. The Morgan fingerprint density at radius 1 is 0.676 bits per heavy atom. The summed E-state index contributed by atoms with van der Waals surface area (Å²) in [7, 11) is 1.32. The molecule has 9 heteroatoms. The van der Waals surface area contributed by atoms with E-state index in [-0.39, 0.29) is 17.7 Å². The molecule has 1 heterocycles. The van der Waals surface area contributed by atoms with Gasteiger partial charge in [0.25, 0.3) is 0 Å². The molecule has 0 amide bonds. The molecule has 1 aliphatic rings. The van der Waals surface area contributed by atoms with Gasteiger partial charge in [-0.3, -0.25) is 0 Å². The first-order valence-electron chi connectivity index (χ1n) is 11.6. The van der Waals surface area contributed by atoms with Crippen molar-refractivity contribution in [2.75, 3.05) is 13.7 Å². The maximum atomic E-state index is 12.9. The van der Waals surface area contributed by atoms with Gasteiger partial charge in [-0.1, -0.05) is 54.6 Å². The Morgan fingerprint density at radius 2 is 1.11 bits per heavy atom. The molecule has 1 aliphatic heterocycles. The van der Waals surface area contributed by atoms with Crippen molar-refractivity contribution in [2.24, 2.45) is 0 Å². The smallest absolute Gasteiger partial charge is 0.338 e. The zero-order valence-electron chi connectivity index (χ0n) is 20.0. The second-order valence-corrected chi connectivity index (χ2v) is 8.20. The summed E-state index contributed by atoms with van der Waals surface area (Å²) in [5.74, 6) is -2.05. The molecule has 1 saturated heterocycles. The zero-order valence-corrected chi connectivity index (χ0v) is 20.0. The molecule has 5 atom stereocenters. The zero-order chi connectivity index (χ0) is 26.2. The number of carbonyl (C=O) groups is 3. The van der Waals surface area contributed by atoms with Gasteiger partial charge in [0.2, 0.25) is 0 Å². The molecule has 0 aliphatic carbocycles. The van der Waals surface area contributed by atoms with Crippen LogP contribution in [0.4, 0.5) is 0 Å². The van der Waals surface area contributed by atoms with Crippen molar-refractivity contribution in [1.29, 1.82) is 0 Å². The van der Waals surface area contributed by atoms with Crippen LogP contribution in [0.3, 0.4) is 0 Å². The van der Waals surface area contributed by atoms with Crippen LogP contribution in [0, 0.1) is 0 Å². The summed E-state index contributed by atoms with van der Waals surface area (Å²) in [6, 6.07) is 24.7. The van der Waals surface area contributed by atoms with Crippen molar-refractivity contribution < 1.29 is 43.2 Å². The number of carbonyl (C=O) groups excluding carboxylic acids is 3. The van der Waals surface area contributed by atoms with Gasteiger partial charge in [-0.15, -0.1) is 0 Å². The van der Waals surface area contributed by atoms with Crippen molar-refractivity contribution in [1.82, 2.24) is 0 Å². The quantitative estimate of drug-likeness (QED) is 0.363. The standard InChI is InChI=1S/C28H26O9/c1-33-23-22(36-26(30)19-13-7-3-8-14-19)21(17-34-25(29)18-11-5-2-6-12-18)35-28(32)24(23)37-27(31)20-15-9-4-10-16-20/h2-16,21-24,28,32H,17H2,1H3/t21-,22+,23+,24-,28-/m1/s1. The first-order chi connectivity index (χ1) is 18.0. The van der Waals surface area contributed by atoms with Gasteiger partial charge in [-0.25, -0.2) is 14.4 Å². The van der Waals surface area contributed by atoms with Crippen LogP contribution in [0.25, 0.3) is 0 Å². The molecule has 4 rings (SSSR count). The molecule has 1 fully saturated rings. The number of ether oxygens (including phenoxy) is 5. The number of hydrogen-bond acceptors (Lipinski definition) is 9. The molecule has 0 aromatic heterocycles. The summed E-state index contributed by atoms with van der Waals surface area (Å²) < 4.78 is 27.8. The van der Waals surface area contributed by atoms with Crippen LogP contribution in [0.15, 0.2) is 91.0 Å². The van der Waals surface area contributed by atoms with Crippen molar-refractivity contribution in [2.45, 2.75) is 30.7 Å². The van der Waals surface area contributed by atoms with Crippen LogP contribution in [0.5, 0.6) is 0 Å². The Bertz CT molecular complexity index is 1180. The van der Waals surface area contributed by atoms with Gasteiger partial charge in [0.05, 0.1) is 16.7 Å².